The van der Waals surface area contributed by atoms with E-state index in [1.54, 1.807) is 16.7 Å². The van der Waals surface area contributed by atoms with Crippen molar-refractivity contribution in [2.75, 3.05) is 0 Å². The first kappa shape index (κ1) is 13.7. The Morgan fingerprint density at radius 3 is 2.72 bits per heavy atom. The van der Waals surface area contributed by atoms with Crippen LogP contribution in [0.15, 0.2) is 60.2 Å². The third-order valence-electron chi connectivity index (χ3n) is 6.44. The summed E-state index contributed by atoms with van der Waals surface area (Å²) in [6.45, 7) is 2.29. The van der Waals surface area contributed by atoms with Crippen LogP contribution in [0, 0.1) is 6.92 Å². The molecule has 0 nitrogen and oxygen atoms in total. The van der Waals surface area contributed by atoms with Gasteiger partial charge in [0.1, 0.15) is 0 Å². The number of hydrogen-bond acceptors (Lipinski definition) is 0. The van der Waals surface area contributed by atoms with E-state index in [2.05, 4.69) is 67.6 Å². The third kappa shape index (κ3) is 1.67. The summed E-state index contributed by atoms with van der Waals surface area (Å²) in [5.41, 5.74) is 9.13. The van der Waals surface area contributed by atoms with Gasteiger partial charge in [-0.15, -0.1) is 0 Å². The molecule has 1 atom stereocenters. The average Bonchev–Trinajstić information content (AvgIpc) is 2.67. The molecule has 3 aliphatic rings. The molecule has 0 bridgehead atoms. The molecule has 0 saturated carbocycles. The van der Waals surface area contributed by atoms with Gasteiger partial charge in [-0.2, -0.15) is 0 Å². The quantitative estimate of drug-likeness (QED) is 0.394. The zero-order valence-electron chi connectivity index (χ0n) is 14.5. The van der Waals surface area contributed by atoms with Crippen molar-refractivity contribution in [2.24, 2.45) is 0 Å². The van der Waals surface area contributed by atoms with Gasteiger partial charge in [0, 0.05) is 5.92 Å². The molecule has 3 aromatic carbocycles. The van der Waals surface area contributed by atoms with Crippen molar-refractivity contribution in [1.82, 2.24) is 0 Å². The highest BCUT2D eigenvalue weighted by molar-refractivity contribution is 6.13. The highest BCUT2D eigenvalue weighted by Crippen LogP contribution is 2.50. The van der Waals surface area contributed by atoms with Crippen molar-refractivity contribution in [3.63, 3.8) is 0 Å². The maximum Gasteiger partial charge on any atom is 0.00742 e. The highest BCUT2D eigenvalue weighted by atomic mass is 14.3. The van der Waals surface area contributed by atoms with Crippen molar-refractivity contribution in [3.05, 3.63) is 82.5 Å². The monoisotopic (exact) mass is 320 g/mol. The molecule has 0 saturated heterocycles. The van der Waals surface area contributed by atoms with Gasteiger partial charge < -0.3 is 0 Å². The Morgan fingerprint density at radius 1 is 0.920 bits per heavy atom. The van der Waals surface area contributed by atoms with Gasteiger partial charge in [-0.25, -0.2) is 0 Å². The van der Waals surface area contributed by atoms with Crippen LogP contribution in [0.25, 0.3) is 33.2 Å². The first-order valence-corrected chi connectivity index (χ1v) is 9.38. The van der Waals surface area contributed by atoms with Crippen LogP contribution in [0.1, 0.15) is 47.4 Å². The van der Waals surface area contributed by atoms with Crippen molar-refractivity contribution in [3.8, 4) is 0 Å². The van der Waals surface area contributed by atoms with Gasteiger partial charge in [0.2, 0.25) is 0 Å². The van der Waals surface area contributed by atoms with E-state index < -0.39 is 0 Å². The van der Waals surface area contributed by atoms with Gasteiger partial charge >= 0.3 is 0 Å². The van der Waals surface area contributed by atoms with E-state index in [-0.39, 0.29) is 0 Å². The van der Waals surface area contributed by atoms with Gasteiger partial charge in [-0.3, -0.25) is 0 Å². The molecule has 0 heterocycles. The molecule has 0 aliphatic heterocycles. The Balaban J connectivity index is 1.83. The first-order valence-electron chi connectivity index (χ1n) is 9.38. The van der Waals surface area contributed by atoms with E-state index in [4.69, 9.17) is 0 Å². The van der Waals surface area contributed by atoms with Crippen molar-refractivity contribution >= 4 is 33.2 Å². The molecule has 0 aromatic heterocycles. The Bertz CT molecular complexity index is 1170. The molecule has 1 unspecified atom stereocenters. The molecule has 25 heavy (non-hydrogen) atoms. The predicted molar refractivity (Wildman–Crippen MR) is 108 cm³/mol. The zero-order valence-corrected chi connectivity index (χ0v) is 14.5. The number of aryl methyl sites for hydroxylation is 1. The molecule has 0 amide bonds. The smallest absolute Gasteiger partial charge is 0.00742 e. The summed E-state index contributed by atoms with van der Waals surface area (Å²) in [6.07, 6.45) is 13.1. The SMILES string of the molecule is Cc1c2ccccc2c2c3c4c(ccc13)C1=C(C=CCC1)CC4C=C2. The Hall–Kier alpha value is -2.60. The standard InChI is InChI=1S/C25H20/c1-15-18-7-4-5-9-21(18)23-11-10-17-14-16-6-2-3-8-20(16)22-13-12-19(15)25(23)24(17)22/h2,4-7,9-13,17H,3,8,14H2,1H3. The minimum atomic E-state index is 0.535. The summed E-state index contributed by atoms with van der Waals surface area (Å²) < 4.78 is 0. The lowest BCUT2D eigenvalue weighted by molar-refractivity contribution is 0.811. The van der Waals surface area contributed by atoms with E-state index >= 15 is 0 Å². The minimum absolute atomic E-state index is 0.535. The minimum Gasteiger partial charge on any atom is -0.0839 e. The first-order chi connectivity index (χ1) is 12.3. The van der Waals surface area contributed by atoms with E-state index in [9.17, 15) is 0 Å². The molecule has 3 aliphatic carbocycles. The van der Waals surface area contributed by atoms with Crippen LogP contribution in [0.5, 0.6) is 0 Å². The van der Waals surface area contributed by atoms with Crippen molar-refractivity contribution in [1.29, 1.82) is 0 Å². The van der Waals surface area contributed by atoms with Gasteiger partial charge in [0.15, 0.2) is 0 Å². The molecule has 120 valence electrons. The number of benzene rings is 3. The molecule has 0 radical (unpaired) electrons. The van der Waals surface area contributed by atoms with Crippen LogP contribution in [-0.2, 0) is 0 Å². The molecule has 0 spiro atoms. The van der Waals surface area contributed by atoms with Gasteiger partial charge in [-0.1, -0.05) is 60.7 Å². The fraction of sp³-hybridized carbons (Fsp3) is 0.200. The van der Waals surface area contributed by atoms with Gasteiger partial charge in [0.25, 0.3) is 0 Å². The van der Waals surface area contributed by atoms with Crippen LogP contribution >= 0.6 is 0 Å². The Kier molecular flexibility index (Phi) is 2.58. The maximum absolute atomic E-state index is 2.45. The maximum atomic E-state index is 2.45. The summed E-state index contributed by atoms with van der Waals surface area (Å²) in [7, 11) is 0. The number of allylic oxidation sites excluding steroid dienone is 5. The number of fused-ring (bicyclic) bond motifs is 3. The van der Waals surface area contributed by atoms with Crippen LogP contribution in [0.4, 0.5) is 0 Å². The highest BCUT2D eigenvalue weighted by Gasteiger charge is 2.30. The summed E-state index contributed by atoms with van der Waals surface area (Å²) in [5, 5.41) is 5.75. The topological polar surface area (TPSA) is 0 Å². The largest absolute Gasteiger partial charge is 0.0839 e. The Morgan fingerprint density at radius 2 is 1.80 bits per heavy atom. The molecular formula is C25H20. The fourth-order valence-corrected chi connectivity index (χ4v) is 5.30. The average molecular weight is 320 g/mol. The lowest BCUT2D eigenvalue weighted by Crippen LogP contribution is -2.14. The van der Waals surface area contributed by atoms with E-state index in [1.165, 1.54) is 57.5 Å². The normalized spacial score (nSPS) is 20.4. The fourth-order valence-electron chi connectivity index (χ4n) is 5.30. The van der Waals surface area contributed by atoms with Gasteiger partial charge in [0.05, 0.1) is 0 Å². The van der Waals surface area contributed by atoms with Crippen LogP contribution < -0.4 is 0 Å². The predicted octanol–water partition coefficient (Wildman–Crippen LogP) is 6.92. The second-order valence-electron chi connectivity index (χ2n) is 7.65. The summed E-state index contributed by atoms with van der Waals surface area (Å²) >= 11 is 0. The second-order valence-corrected chi connectivity index (χ2v) is 7.65. The third-order valence-corrected chi connectivity index (χ3v) is 6.44. The molecule has 6 rings (SSSR count). The molecule has 0 N–H and O–H groups in total. The lowest BCUT2D eigenvalue weighted by atomic mass is 9.70. The molecular weight excluding hydrogens is 300 g/mol. The van der Waals surface area contributed by atoms with E-state index in [0.29, 0.717) is 5.92 Å². The molecule has 3 aromatic rings. The Labute approximate surface area is 148 Å². The van der Waals surface area contributed by atoms with Crippen LogP contribution in [0.2, 0.25) is 0 Å². The van der Waals surface area contributed by atoms with Gasteiger partial charge in [-0.05, 0) is 81.1 Å². The number of rotatable bonds is 0. The van der Waals surface area contributed by atoms with Crippen molar-refractivity contribution < 1.29 is 0 Å². The van der Waals surface area contributed by atoms with E-state index in [1.807, 2.05) is 0 Å². The second kappa shape index (κ2) is 4.73. The molecule has 0 fully saturated rings. The van der Waals surface area contributed by atoms with E-state index in [0.717, 1.165) is 0 Å². The van der Waals surface area contributed by atoms with Crippen molar-refractivity contribution in [2.45, 2.75) is 32.1 Å². The zero-order chi connectivity index (χ0) is 16.5. The van der Waals surface area contributed by atoms with Crippen LogP contribution in [-0.4, -0.2) is 0 Å². The summed E-state index contributed by atoms with van der Waals surface area (Å²) in [5.74, 6) is 0.535. The number of hydrogen-bond donors (Lipinski definition) is 0. The lowest BCUT2D eigenvalue weighted by Gasteiger charge is -2.33. The summed E-state index contributed by atoms with van der Waals surface area (Å²) in [4.78, 5) is 0. The molecule has 0 heteroatoms. The van der Waals surface area contributed by atoms with Crippen LogP contribution in [0.3, 0.4) is 0 Å². The summed E-state index contributed by atoms with van der Waals surface area (Å²) in [6, 6.07) is 13.7.